The average Bonchev–Trinajstić information content (AvgIpc) is 2.57. The third-order valence-electron chi connectivity index (χ3n) is 3.40. The Morgan fingerprint density at radius 2 is 1.80 bits per heavy atom. The van der Waals surface area contributed by atoms with Crippen molar-refractivity contribution in [3.8, 4) is 11.5 Å². The summed E-state index contributed by atoms with van der Waals surface area (Å²) in [6, 6.07) is 9.50. The van der Waals surface area contributed by atoms with Crippen molar-refractivity contribution in [2.24, 2.45) is 0 Å². The summed E-state index contributed by atoms with van der Waals surface area (Å²) in [5.74, 6) is 0.917. The minimum Gasteiger partial charge on any atom is -0.493 e. The SMILES string of the molecule is COCCOc1cc(NS(=O)(=O)c2cc(Cl)ccc2C)ccc1OC. The van der Waals surface area contributed by atoms with Crippen LogP contribution in [0.1, 0.15) is 5.56 Å². The maximum Gasteiger partial charge on any atom is 0.262 e. The summed E-state index contributed by atoms with van der Waals surface area (Å²) in [5.41, 5.74) is 0.953. The van der Waals surface area contributed by atoms with Gasteiger partial charge in [0.25, 0.3) is 10.0 Å². The first kappa shape index (κ1) is 19.4. The van der Waals surface area contributed by atoms with Crippen molar-refractivity contribution < 1.29 is 22.6 Å². The molecule has 0 aliphatic rings. The van der Waals surface area contributed by atoms with Crippen molar-refractivity contribution in [1.29, 1.82) is 0 Å². The molecule has 8 heteroatoms. The minimum atomic E-state index is -3.78. The van der Waals surface area contributed by atoms with Crippen molar-refractivity contribution >= 4 is 27.3 Å². The maximum absolute atomic E-state index is 12.6. The molecule has 0 unspecified atom stereocenters. The molecule has 0 fully saturated rings. The van der Waals surface area contributed by atoms with E-state index >= 15 is 0 Å². The smallest absolute Gasteiger partial charge is 0.262 e. The molecule has 0 aliphatic heterocycles. The van der Waals surface area contributed by atoms with E-state index in [0.29, 0.717) is 41.0 Å². The highest BCUT2D eigenvalue weighted by Crippen LogP contribution is 2.31. The van der Waals surface area contributed by atoms with Gasteiger partial charge in [0.1, 0.15) is 6.61 Å². The molecule has 0 atom stereocenters. The Labute approximate surface area is 152 Å². The van der Waals surface area contributed by atoms with E-state index in [0.717, 1.165) is 0 Å². The standard InChI is InChI=1S/C17H20ClNO5S/c1-12-4-5-13(18)10-17(12)25(20,21)19-14-6-7-15(23-3)16(11-14)24-9-8-22-2/h4-7,10-11,19H,8-9H2,1-3H3. The number of hydrogen-bond acceptors (Lipinski definition) is 5. The maximum atomic E-state index is 12.6. The van der Waals surface area contributed by atoms with Crippen LogP contribution < -0.4 is 14.2 Å². The van der Waals surface area contributed by atoms with Gasteiger partial charge in [-0.1, -0.05) is 17.7 Å². The highest BCUT2D eigenvalue weighted by molar-refractivity contribution is 7.92. The van der Waals surface area contributed by atoms with E-state index in [-0.39, 0.29) is 4.90 Å². The summed E-state index contributed by atoms with van der Waals surface area (Å²) < 4.78 is 43.5. The molecule has 2 aromatic rings. The fourth-order valence-corrected chi connectivity index (χ4v) is 3.72. The number of benzene rings is 2. The summed E-state index contributed by atoms with van der Waals surface area (Å²) in [6.45, 7) is 2.43. The molecule has 0 aliphatic carbocycles. The number of anilines is 1. The van der Waals surface area contributed by atoms with Crippen molar-refractivity contribution in [1.82, 2.24) is 0 Å². The molecule has 136 valence electrons. The third kappa shape index (κ3) is 5.01. The monoisotopic (exact) mass is 385 g/mol. The number of rotatable bonds is 8. The lowest BCUT2D eigenvalue weighted by atomic mass is 10.2. The van der Waals surface area contributed by atoms with Crippen LogP contribution in [0.4, 0.5) is 5.69 Å². The molecule has 0 heterocycles. The van der Waals surface area contributed by atoms with Crippen molar-refractivity contribution in [3.05, 3.63) is 47.0 Å². The van der Waals surface area contributed by atoms with Crippen LogP contribution in [0.15, 0.2) is 41.3 Å². The summed E-state index contributed by atoms with van der Waals surface area (Å²) in [4.78, 5) is 0.123. The molecule has 2 rings (SSSR count). The molecule has 6 nitrogen and oxygen atoms in total. The van der Waals surface area contributed by atoms with Gasteiger partial charge in [-0.2, -0.15) is 0 Å². The first-order chi connectivity index (χ1) is 11.9. The molecule has 0 radical (unpaired) electrons. The van der Waals surface area contributed by atoms with Gasteiger partial charge in [-0.15, -0.1) is 0 Å². The van der Waals surface area contributed by atoms with Crippen molar-refractivity contribution in [2.45, 2.75) is 11.8 Å². The number of halogens is 1. The van der Waals surface area contributed by atoms with Crippen LogP contribution in [0.25, 0.3) is 0 Å². The van der Waals surface area contributed by atoms with E-state index in [1.54, 1.807) is 44.4 Å². The van der Waals surface area contributed by atoms with Gasteiger partial charge in [0.15, 0.2) is 11.5 Å². The molecule has 0 saturated carbocycles. The zero-order valence-electron chi connectivity index (χ0n) is 14.2. The molecular weight excluding hydrogens is 366 g/mol. The van der Waals surface area contributed by atoms with Gasteiger partial charge in [-0.05, 0) is 36.8 Å². The lowest BCUT2D eigenvalue weighted by Crippen LogP contribution is -2.14. The van der Waals surface area contributed by atoms with Crippen molar-refractivity contribution in [2.75, 3.05) is 32.2 Å². The Bertz CT molecular complexity index is 839. The van der Waals surface area contributed by atoms with E-state index in [4.69, 9.17) is 25.8 Å². The fraction of sp³-hybridized carbons (Fsp3) is 0.294. The predicted octanol–water partition coefficient (Wildman–Crippen LogP) is 3.48. The Morgan fingerprint density at radius 3 is 2.48 bits per heavy atom. The minimum absolute atomic E-state index is 0.123. The van der Waals surface area contributed by atoms with Crippen LogP contribution >= 0.6 is 11.6 Å². The molecule has 0 spiro atoms. The quantitative estimate of drug-likeness (QED) is 0.704. The lowest BCUT2D eigenvalue weighted by molar-refractivity contribution is 0.144. The van der Waals surface area contributed by atoms with Gasteiger partial charge in [0.2, 0.25) is 0 Å². The molecule has 0 aromatic heterocycles. The molecular formula is C17H20ClNO5S. The van der Waals surface area contributed by atoms with E-state index in [1.807, 2.05) is 0 Å². The largest absolute Gasteiger partial charge is 0.493 e. The molecule has 25 heavy (non-hydrogen) atoms. The molecule has 1 N–H and O–H groups in total. The zero-order chi connectivity index (χ0) is 18.4. The van der Waals surface area contributed by atoms with Crippen LogP contribution in [0.3, 0.4) is 0 Å². The summed E-state index contributed by atoms with van der Waals surface area (Å²) in [6.07, 6.45) is 0. The number of aryl methyl sites for hydroxylation is 1. The van der Waals surface area contributed by atoms with Gasteiger partial charge >= 0.3 is 0 Å². The first-order valence-corrected chi connectivity index (χ1v) is 9.32. The van der Waals surface area contributed by atoms with Crippen LogP contribution in [-0.4, -0.2) is 35.9 Å². The average molecular weight is 386 g/mol. The third-order valence-corrected chi connectivity index (χ3v) is 5.16. The van der Waals surface area contributed by atoms with Crippen LogP contribution in [0.2, 0.25) is 5.02 Å². The van der Waals surface area contributed by atoms with E-state index < -0.39 is 10.0 Å². The second-order valence-corrected chi connectivity index (χ2v) is 7.31. The zero-order valence-corrected chi connectivity index (χ0v) is 15.8. The second-order valence-electron chi connectivity index (χ2n) is 5.22. The number of nitrogens with one attached hydrogen (secondary N) is 1. The molecule has 0 amide bonds. The first-order valence-electron chi connectivity index (χ1n) is 7.46. The summed E-state index contributed by atoms with van der Waals surface area (Å²) >= 11 is 5.92. The van der Waals surface area contributed by atoms with Gasteiger partial charge in [-0.3, -0.25) is 4.72 Å². The number of sulfonamides is 1. The van der Waals surface area contributed by atoms with Gasteiger partial charge in [0.05, 0.1) is 24.3 Å². The summed E-state index contributed by atoms with van der Waals surface area (Å²) in [7, 11) is -0.704. The normalized spacial score (nSPS) is 11.2. The van der Waals surface area contributed by atoms with Crippen LogP contribution in [-0.2, 0) is 14.8 Å². The second kappa shape index (κ2) is 8.42. The van der Waals surface area contributed by atoms with E-state index in [2.05, 4.69) is 4.72 Å². The van der Waals surface area contributed by atoms with Gasteiger partial charge in [0, 0.05) is 18.2 Å². The Balaban J connectivity index is 2.29. The Kier molecular flexibility index (Phi) is 6.52. The van der Waals surface area contributed by atoms with E-state index in [1.165, 1.54) is 13.2 Å². The number of hydrogen-bond donors (Lipinski definition) is 1. The van der Waals surface area contributed by atoms with Gasteiger partial charge in [-0.25, -0.2) is 8.42 Å². The number of ether oxygens (including phenoxy) is 3. The Hall–Kier alpha value is -1.96. The van der Waals surface area contributed by atoms with Crippen molar-refractivity contribution in [3.63, 3.8) is 0 Å². The van der Waals surface area contributed by atoms with Gasteiger partial charge < -0.3 is 14.2 Å². The molecule has 0 bridgehead atoms. The molecule has 0 saturated heterocycles. The summed E-state index contributed by atoms with van der Waals surface area (Å²) in [5, 5.41) is 0.351. The van der Waals surface area contributed by atoms with Crippen LogP contribution in [0, 0.1) is 6.92 Å². The number of methoxy groups -OCH3 is 2. The topological polar surface area (TPSA) is 73.9 Å². The van der Waals surface area contributed by atoms with Crippen LogP contribution in [0.5, 0.6) is 11.5 Å². The Morgan fingerprint density at radius 1 is 1.04 bits per heavy atom. The molecule has 2 aromatic carbocycles. The van der Waals surface area contributed by atoms with E-state index in [9.17, 15) is 8.42 Å². The predicted molar refractivity (Wildman–Crippen MR) is 97.4 cm³/mol. The highest BCUT2D eigenvalue weighted by atomic mass is 35.5. The fourth-order valence-electron chi connectivity index (χ4n) is 2.16. The highest BCUT2D eigenvalue weighted by Gasteiger charge is 2.18. The lowest BCUT2D eigenvalue weighted by Gasteiger charge is -2.14.